The van der Waals surface area contributed by atoms with Crippen molar-refractivity contribution in [1.29, 1.82) is 0 Å². The van der Waals surface area contributed by atoms with Gasteiger partial charge in [-0.15, -0.1) is 0 Å². The van der Waals surface area contributed by atoms with Gasteiger partial charge in [-0.1, -0.05) is 15.9 Å². The van der Waals surface area contributed by atoms with Gasteiger partial charge in [0.15, 0.2) is 0 Å². The van der Waals surface area contributed by atoms with Crippen molar-refractivity contribution in [3.8, 4) is 0 Å². The molecule has 1 aliphatic rings. The zero-order valence-electron chi connectivity index (χ0n) is 11.0. The third-order valence-electron chi connectivity index (χ3n) is 2.98. The largest absolute Gasteiger partial charge is 0.418 e. The molecule has 1 aliphatic heterocycles. The van der Waals surface area contributed by atoms with E-state index in [0.29, 0.717) is 24.2 Å². The quantitative estimate of drug-likeness (QED) is 0.864. The van der Waals surface area contributed by atoms with Crippen molar-refractivity contribution in [2.75, 3.05) is 25.0 Å². The fraction of sp³-hybridized carbons (Fsp3) is 0.462. The summed E-state index contributed by atoms with van der Waals surface area (Å²) in [7, 11) is 0. The van der Waals surface area contributed by atoms with Crippen LogP contribution in [-0.2, 0) is 15.7 Å². The number of anilines is 1. The van der Waals surface area contributed by atoms with E-state index in [-0.39, 0.29) is 18.2 Å². The van der Waals surface area contributed by atoms with E-state index in [0.717, 1.165) is 6.07 Å². The van der Waals surface area contributed by atoms with Gasteiger partial charge >= 0.3 is 6.18 Å². The Morgan fingerprint density at radius 3 is 2.86 bits per heavy atom. The lowest BCUT2D eigenvalue weighted by molar-refractivity contribution is -0.137. The number of rotatable bonds is 3. The highest BCUT2D eigenvalue weighted by Gasteiger charge is 2.34. The molecule has 0 saturated carbocycles. The number of halogens is 4. The number of hydrogen-bond acceptors (Lipinski definition) is 3. The SMILES string of the molecule is O=C(CC1CNCCO1)Nc1ccc(Br)cc1C(F)(F)F. The van der Waals surface area contributed by atoms with Gasteiger partial charge in [-0.3, -0.25) is 4.79 Å². The molecule has 2 rings (SSSR count). The van der Waals surface area contributed by atoms with Gasteiger partial charge in [-0.25, -0.2) is 0 Å². The predicted molar refractivity (Wildman–Crippen MR) is 75.0 cm³/mol. The van der Waals surface area contributed by atoms with Gasteiger partial charge in [-0.05, 0) is 18.2 Å². The zero-order valence-corrected chi connectivity index (χ0v) is 12.6. The molecule has 1 heterocycles. The van der Waals surface area contributed by atoms with Crippen molar-refractivity contribution in [2.45, 2.75) is 18.7 Å². The fourth-order valence-electron chi connectivity index (χ4n) is 2.02. The van der Waals surface area contributed by atoms with Crippen LogP contribution in [0.25, 0.3) is 0 Å². The number of ether oxygens (including phenoxy) is 1. The van der Waals surface area contributed by atoms with E-state index in [1.54, 1.807) is 0 Å². The van der Waals surface area contributed by atoms with Crippen molar-refractivity contribution >= 4 is 27.5 Å². The van der Waals surface area contributed by atoms with Crippen molar-refractivity contribution in [3.63, 3.8) is 0 Å². The van der Waals surface area contributed by atoms with E-state index in [9.17, 15) is 18.0 Å². The van der Waals surface area contributed by atoms with E-state index < -0.39 is 17.6 Å². The molecular weight excluding hydrogens is 353 g/mol. The first kappa shape index (κ1) is 16.3. The summed E-state index contributed by atoms with van der Waals surface area (Å²) in [5.74, 6) is -0.503. The maximum Gasteiger partial charge on any atom is 0.418 e. The Balaban J connectivity index is 2.06. The summed E-state index contributed by atoms with van der Waals surface area (Å²) in [6, 6.07) is 3.61. The number of carbonyl (C=O) groups is 1. The molecule has 4 nitrogen and oxygen atoms in total. The summed E-state index contributed by atoms with van der Waals surface area (Å²) in [6.07, 6.45) is -4.83. The summed E-state index contributed by atoms with van der Waals surface area (Å²) in [5, 5.41) is 5.36. The summed E-state index contributed by atoms with van der Waals surface area (Å²) in [4.78, 5) is 11.8. The lowest BCUT2D eigenvalue weighted by atomic mass is 10.1. The Hall–Kier alpha value is -1.12. The normalized spacial score (nSPS) is 19.3. The molecule has 8 heteroatoms. The second-order valence-electron chi connectivity index (χ2n) is 4.64. The van der Waals surface area contributed by atoms with E-state index in [2.05, 4.69) is 26.6 Å². The molecule has 1 unspecified atom stereocenters. The second kappa shape index (κ2) is 6.76. The zero-order chi connectivity index (χ0) is 15.5. The van der Waals surface area contributed by atoms with Crippen LogP contribution in [0.15, 0.2) is 22.7 Å². The van der Waals surface area contributed by atoms with Crippen molar-refractivity contribution in [3.05, 3.63) is 28.2 Å². The third-order valence-corrected chi connectivity index (χ3v) is 3.47. The van der Waals surface area contributed by atoms with Crippen molar-refractivity contribution in [2.24, 2.45) is 0 Å². The highest BCUT2D eigenvalue weighted by Crippen LogP contribution is 2.36. The minimum Gasteiger partial charge on any atom is -0.375 e. The van der Waals surface area contributed by atoms with Crippen LogP contribution in [0.5, 0.6) is 0 Å². The molecule has 2 N–H and O–H groups in total. The standard InChI is InChI=1S/C13H14BrF3N2O2/c14-8-1-2-11(10(5-8)13(15,16)17)19-12(20)6-9-7-18-3-4-21-9/h1-2,5,9,18H,3-4,6-7H2,(H,19,20). The van der Waals surface area contributed by atoms with Crippen LogP contribution in [0.4, 0.5) is 18.9 Å². The van der Waals surface area contributed by atoms with E-state index in [4.69, 9.17) is 4.74 Å². The van der Waals surface area contributed by atoms with Crippen molar-refractivity contribution < 1.29 is 22.7 Å². The van der Waals surface area contributed by atoms with Crippen LogP contribution < -0.4 is 10.6 Å². The number of carbonyl (C=O) groups excluding carboxylic acids is 1. The number of nitrogens with one attached hydrogen (secondary N) is 2. The number of alkyl halides is 3. The van der Waals surface area contributed by atoms with Crippen LogP contribution in [-0.4, -0.2) is 31.7 Å². The molecule has 0 radical (unpaired) electrons. The van der Waals surface area contributed by atoms with Gasteiger partial charge in [-0.2, -0.15) is 13.2 Å². The van der Waals surface area contributed by atoms with Crippen LogP contribution in [0.1, 0.15) is 12.0 Å². The highest BCUT2D eigenvalue weighted by atomic mass is 79.9. The van der Waals surface area contributed by atoms with Crippen molar-refractivity contribution in [1.82, 2.24) is 5.32 Å². The lowest BCUT2D eigenvalue weighted by Gasteiger charge is -2.23. The molecule has 1 saturated heterocycles. The van der Waals surface area contributed by atoms with E-state index in [1.807, 2.05) is 0 Å². The molecule has 0 bridgehead atoms. The molecular formula is C13H14BrF3N2O2. The number of benzene rings is 1. The lowest BCUT2D eigenvalue weighted by Crippen LogP contribution is -2.40. The number of morpholine rings is 1. The van der Waals surface area contributed by atoms with Gasteiger partial charge in [0.05, 0.1) is 30.4 Å². The Morgan fingerprint density at radius 1 is 1.48 bits per heavy atom. The Kier molecular flexibility index (Phi) is 5.23. The highest BCUT2D eigenvalue weighted by molar-refractivity contribution is 9.10. The molecule has 1 aromatic rings. The van der Waals surface area contributed by atoms with E-state index in [1.165, 1.54) is 12.1 Å². The first-order valence-electron chi connectivity index (χ1n) is 6.35. The molecule has 0 aliphatic carbocycles. The van der Waals surface area contributed by atoms with Gasteiger partial charge < -0.3 is 15.4 Å². The Labute approximate surface area is 128 Å². The molecule has 0 aromatic heterocycles. The van der Waals surface area contributed by atoms with E-state index >= 15 is 0 Å². The van der Waals surface area contributed by atoms with Crippen LogP contribution >= 0.6 is 15.9 Å². The monoisotopic (exact) mass is 366 g/mol. The number of hydrogen-bond donors (Lipinski definition) is 2. The third kappa shape index (κ3) is 4.69. The molecule has 1 atom stereocenters. The molecule has 116 valence electrons. The minimum atomic E-state index is -4.53. The Morgan fingerprint density at radius 2 is 2.24 bits per heavy atom. The molecule has 1 aromatic carbocycles. The van der Waals surface area contributed by atoms with Gasteiger partial charge in [0.2, 0.25) is 5.91 Å². The summed E-state index contributed by atoms with van der Waals surface area (Å²) in [5.41, 5.74) is -1.13. The second-order valence-corrected chi connectivity index (χ2v) is 5.55. The van der Waals surface area contributed by atoms with Crippen LogP contribution in [0.3, 0.4) is 0 Å². The average Bonchev–Trinajstić information content (AvgIpc) is 2.40. The smallest absolute Gasteiger partial charge is 0.375 e. The predicted octanol–water partition coefficient (Wildman–Crippen LogP) is 2.78. The molecule has 0 spiro atoms. The first-order chi connectivity index (χ1) is 9.86. The maximum absolute atomic E-state index is 12.9. The topological polar surface area (TPSA) is 50.4 Å². The van der Waals surface area contributed by atoms with Crippen LogP contribution in [0.2, 0.25) is 0 Å². The van der Waals surface area contributed by atoms with Gasteiger partial charge in [0.1, 0.15) is 0 Å². The fourth-order valence-corrected chi connectivity index (χ4v) is 2.38. The maximum atomic E-state index is 12.9. The Bertz CT molecular complexity index is 517. The van der Waals surface area contributed by atoms with Gasteiger partial charge in [0.25, 0.3) is 0 Å². The molecule has 21 heavy (non-hydrogen) atoms. The average molecular weight is 367 g/mol. The number of amides is 1. The summed E-state index contributed by atoms with van der Waals surface area (Å²) >= 11 is 2.99. The molecule has 1 fully saturated rings. The van der Waals surface area contributed by atoms with Crippen LogP contribution in [0, 0.1) is 0 Å². The minimum absolute atomic E-state index is 0.0142. The summed E-state index contributed by atoms with van der Waals surface area (Å²) < 4.78 is 44.4. The molecule has 1 amide bonds. The summed E-state index contributed by atoms with van der Waals surface area (Å²) in [6.45, 7) is 1.72. The van der Waals surface area contributed by atoms with Gasteiger partial charge in [0, 0.05) is 17.6 Å². The first-order valence-corrected chi connectivity index (χ1v) is 7.14.